The molecule has 2 aliphatic rings. The van der Waals surface area contributed by atoms with E-state index in [2.05, 4.69) is 5.32 Å². The van der Waals surface area contributed by atoms with Gasteiger partial charge in [0.25, 0.3) is 0 Å². The molecule has 0 spiro atoms. The minimum Gasteiger partial charge on any atom is -0.317 e. The van der Waals surface area contributed by atoms with E-state index in [-0.39, 0.29) is 12.1 Å². The van der Waals surface area contributed by atoms with Crippen LogP contribution in [0.3, 0.4) is 0 Å². The molecule has 2 rings (SSSR count). The fourth-order valence-electron chi connectivity index (χ4n) is 3.14. The third-order valence-corrected chi connectivity index (χ3v) is 3.93. The van der Waals surface area contributed by atoms with E-state index >= 15 is 0 Å². The maximum Gasteiger partial charge on any atom is 0.401 e. The van der Waals surface area contributed by atoms with Crippen molar-refractivity contribution >= 4 is 0 Å². The van der Waals surface area contributed by atoms with E-state index in [0.29, 0.717) is 0 Å². The smallest absolute Gasteiger partial charge is 0.317 e. The van der Waals surface area contributed by atoms with Gasteiger partial charge in [-0.15, -0.1) is 0 Å². The third-order valence-electron chi connectivity index (χ3n) is 3.93. The Morgan fingerprint density at radius 3 is 2.00 bits per heavy atom. The van der Waals surface area contributed by atoms with Crippen molar-refractivity contribution in [3.8, 4) is 0 Å². The van der Waals surface area contributed by atoms with E-state index in [1.165, 1.54) is 0 Å². The number of halogens is 3. The van der Waals surface area contributed by atoms with E-state index in [0.717, 1.165) is 51.6 Å². The van der Waals surface area contributed by atoms with Crippen LogP contribution in [-0.2, 0) is 0 Å². The number of alkyl halides is 3. The van der Waals surface area contributed by atoms with Crippen LogP contribution in [0.15, 0.2) is 0 Å². The van der Waals surface area contributed by atoms with Crippen LogP contribution in [0.1, 0.15) is 38.5 Å². The second-order valence-electron chi connectivity index (χ2n) is 5.21. The zero-order valence-corrected chi connectivity index (χ0v) is 10.1. The summed E-state index contributed by atoms with van der Waals surface area (Å²) in [7, 11) is 0. The maximum atomic E-state index is 12.7. The predicted molar refractivity (Wildman–Crippen MR) is 60.9 cm³/mol. The van der Waals surface area contributed by atoms with Crippen LogP contribution >= 0.6 is 0 Å². The molecule has 1 heterocycles. The minimum absolute atomic E-state index is 0.126. The summed E-state index contributed by atoms with van der Waals surface area (Å²) < 4.78 is 38.0. The van der Waals surface area contributed by atoms with Gasteiger partial charge in [-0.05, 0) is 38.8 Å². The van der Waals surface area contributed by atoms with Crippen molar-refractivity contribution < 1.29 is 13.2 Å². The highest BCUT2D eigenvalue weighted by Crippen LogP contribution is 2.30. The van der Waals surface area contributed by atoms with Gasteiger partial charge in [0, 0.05) is 12.1 Å². The third kappa shape index (κ3) is 3.85. The molecule has 0 radical (unpaired) electrons. The molecule has 1 saturated carbocycles. The molecule has 0 aromatic rings. The average Bonchev–Trinajstić information content (AvgIpc) is 2.79. The lowest BCUT2D eigenvalue weighted by Crippen LogP contribution is -2.50. The highest BCUT2D eigenvalue weighted by Gasteiger charge is 2.38. The van der Waals surface area contributed by atoms with Crippen LogP contribution in [0.5, 0.6) is 0 Å². The number of piperidine rings is 1. The molecule has 0 aromatic carbocycles. The average molecular weight is 250 g/mol. The zero-order valence-electron chi connectivity index (χ0n) is 10.1. The lowest BCUT2D eigenvalue weighted by atomic mass is 10.0. The van der Waals surface area contributed by atoms with Gasteiger partial charge in [0.05, 0.1) is 6.54 Å². The van der Waals surface area contributed by atoms with Gasteiger partial charge >= 0.3 is 6.18 Å². The molecular weight excluding hydrogens is 229 g/mol. The molecule has 0 amide bonds. The molecule has 2 fully saturated rings. The summed E-state index contributed by atoms with van der Waals surface area (Å²) >= 11 is 0. The summed E-state index contributed by atoms with van der Waals surface area (Å²) in [5.74, 6) is 0. The Morgan fingerprint density at radius 2 is 1.47 bits per heavy atom. The van der Waals surface area contributed by atoms with Crippen molar-refractivity contribution in [3.63, 3.8) is 0 Å². The van der Waals surface area contributed by atoms with E-state index in [1.54, 1.807) is 4.90 Å². The van der Waals surface area contributed by atoms with Crippen molar-refractivity contribution in [2.45, 2.75) is 56.8 Å². The Kier molecular flexibility index (Phi) is 4.31. The zero-order chi connectivity index (χ0) is 12.3. The molecule has 0 bridgehead atoms. The largest absolute Gasteiger partial charge is 0.401 e. The molecule has 1 aliphatic heterocycles. The maximum absolute atomic E-state index is 12.7. The van der Waals surface area contributed by atoms with Crippen LogP contribution in [-0.4, -0.2) is 42.8 Å². The molecular formula is C12H21F3N2. The molecule has 17 heavy (non-hydrogen) atoms. The Labute approximate surface area is 101 Å². The van der Waals surface area contributed by atoms with Gasteiger partial charge in [-0.25, -0.2) is 0 Å². The summed E-state index contributed by atoms with van der Waals surface area (Å²) in [6.07, 6.45) is 1.71. The Bertz CT molecular complexity index is 230. The molecule has 0 aromatic heterocycles. The van der Waals surface area contributed by atoms with Gasteiger partial charge in [-0.3, -0.25) is 4.90 Å². The predicted octanol–water partition coefficient (Wildman–Crippen LogP) is 2.55. The van der Waals surface area contributed by atoms with Gasteiger partial charge in [-0.2, -0.15) is 13.2 Å². The summed E-state index contributed by atoms with van der Waals surface area (Å²) in [5.41, 5.74) is 0. The molecule has 0 atom stereocenters. The van der Waals surface area contributed by atoms with Crippen LogP contribution in [0.2, 0.25) is 0 Å². The number of nitrogens with zero attached hydrogens (tertiary/aromatic N) is 1. The SMILES string of the molecule is FC(F)(F)CN(C1CCCC1)C1CCNCC1. The van der Waals surface area contributed by atoms with Gasteiger partial charge < -0.3 is 5.32 Å². The van der Waals surface area contributed by atoms with E-state index in [1.807, 2.05) is 0 Å². The summed E-state index contributed by atoms with van der Waals surface area (Å²) in [5, 5.41) is 3.22. The van der Waals surface area contributed by atoms with E-state index in [9.17, 15) is 13.2 Å². The summed E-state index contributed by atoms with van der Waals surface area (Å²) in [6, 6.07) is 0.292. The first kappa shape index (κ1) is 13.1. The van der Waals surface area contributed by atoms with Crippen molar-refractivity contribution in [3.05, 3.63) is 0 Å². The summed E-state index contributed by atoms with van der Waals surface area (Å²) in [6.45, 7) is 0.986. The van der Waals surface area contributed by atoms with Crippen molar-refractivity contribution in [1.82, 2.24) is 10.2 Å². The van der Waals surface area contributed by atoms with Crippen LogP contribution in [0, 0.1) is 0 Å². The first-order valence-electron chi connectivity index (χ1n) is 6.59. The second kappa shape index (κ2) is 5.57. The Balaban J connectivity index is 1.99. The second-order valence-corrected chi connectivity index (χ2v) is 5.21. The van der Waals surface area contributed by atoms with Gasteiger partial charge in [0.15, 0.2) is 0 Å². The minimum atomic E-state index is -4.06. The fourth-order valence-corrected chi connectivity index (χ4v) is 3.14. The topological polar surface area (TPSA) is 15.3 Å². The van der Waals surface area contributed by atoms with Crippen molar-refractivity contribution in [1.29, 1.82) is 0 Å². The van der Waals surface area contributed by atoms with E-state index < -0.39 is 12.7 Å². The Morgan fingerprint density at radius 1 is 0.941 bits per heavy atom. The highest BCUT2D eigenvalue weighted by molar-refractivity contribution is 4.86. The normalized spacial score (nSPS) is 24.7. The van der Waals surface area contributed by atoms with Crippen LogP contribution in [0.25, 0.3) is 0 Å². The standard InChI is InChI=1S/C12H21F3N2/c13-12(14,15)9-17(10-3-1-2-4-10)11-5-7-16-8-6-11/h10-11,16H,1-9H2. The van der Waals surface area contributed by atoms with Crippen LogP contribution < -0.4 is 5.32 Å². The molecule has 5 heteroatoms. The lowest BCUT2D eigenvalue weighted by molar-refractivity contribution is -0.157. The molecule has 100 valence electrons. The quantitative estimate of drug-likeness (QED) is 0.828. The molecule has 0 unspecified atom stereocenters. The number of hydrogen-bond donors (Lipinski definition) is 1. The lowest BCUT2D eigenvalue weighted by Gasteiger charge is -2.39. The first-order chi connectivity index (χ1) is 8.06. The highest BCUT2D eigenvalue weighted by atomic mass is 19.4. The van der Waals surface area contributed by atoms with E-state index in [4.69, 9.17) is 0 Å². The monoisotopic (exact) mass is 250 g/mol. The molecule has 1 aliphatic carbocycles. The van der Waals surface area contributed by atoms with Crippen LogP contribution in [0.4, 0.5) is 13.2 Å². The molecule has 2 nitrogen and oxygen atoms in total. The number of nitrogens with one attached hydrogen (secondary N) is 1. The van der Waals surface area contributed by atoms with Crippen molar-refractivity contribution in [2.75, 3.05) is 19.6 Å². The van der Waals surface area contributed by atoms with Gasteiger partial charge in [0.1, 0.15) is 0 Å². The molecule has 1 saturated heterocycles. The number of hydrogen-bond acceptors (Lipinski definition) is 2. The van der Waals surface area contributed by atoms with Gasteiger partial charge in [0.2, 0.25) is 0 Å². The van der Waals surface area contributed by atoms with Gasteiger partial charge in [-0.1, -0.05) is 12.8 Å². The molecule has 1 N–H and O–H groups in total. The summed E-state index contributed by atoms with van der Waals surface area (Å²) in [4.78, 5) is 1.74. The number of rotatable bonds is 3. The Hall–Kier alpha value is -0.290. The first-order valence-corrected chi connectivity index (χ1v) is 6.59. The fraction of sp³-hybridized carbons (Fsp3) is 1.00. The van der Waals surface area contributed by atoms with Crippen molar-refractivity contribution in [2.24, 2.45) is 0 Å².